The molecule has 2 aromatic heterocycles. The van der Waals surface area contributed by atoms with Crippen molar-refractivity contribution < 1.29 is 9.47 Å². The molecule has 0 N–H and O–H groups in total. The molecule has 7 nitrogen and oxygen atoms in total. The van der Waals surface area contributed by atoms with E-state index < -0.39 is 5.79 Å². The van der Waals surface area contributed by atoms with Crippen LogP contribution < -0.4 is 10.5 Å². The number of ether oxygens (including phenoxy) is 2. The van der Waals surface area contributed by atoms with Gasteiger partial charge in [-0.3, -0.25) is 4.79 Å². The lowest BCUT2D eigenvalue weighted by Gasteiger charge is -2.37. The Hall–Kier alpha value is -1.51. The van der Waals surface area contributed by atoms with Crippen LogP contribution in [0.5, 0.6) is 0 Å². The largest absolute Gasteiger partial charge is 0.347 e. The monoisotopic (exact) mass is 308 g/mol. The topological polar surface area (TPSA) is 69.0 Å². The number of nitrogens with zero attached hydrogens (tertiary/aromatic N) is 4. The molecule has 0 atom stereocenters. The van der Waals surface area contributed by atoms with Crippen molar-refractivity contribution in [2.75, 3.05) is 31.2 Å². The second kappa shape index (κ2) is 4.75. The van der Waals surface area contributed by atoms with Crippen molar-refractivity contribution in [1.82, 2.24) is 14.6 Å². The van der Waals surface area contributed by atoms with Gasteiger partial charge in [0.05, 0.1) is 13.2 Å². The fourth-order valence-electron chi connectivity index (χ4n) is 2.86. The van der Waals surface area contributed by atoms with Gasteiger partial charge in [0.1, 0.15) is 0 Å². The molecular formula is C13H16N4O3S. The van der Waals surface area contributed by atoms with E-state index in [4.69, 9.17) is 9.47 Å². The summed E-state index contributed by atoms with van der Waals surface area (Å²) in [6, 6.07) is 1.50. The van der Waals surface area contributed by atoms with Gasteiger partial charge in [0.2, 0.25) is 10.1 Å². The predicted molar refractivity (Wildman–Crippen MR) is 78.0 cm³/mol. The van der Waals surface area contributed by atoms with Crippen molar-refractivity contribution in [2.45, 2.75) is 25.6 Å². The normalized spacial score (nSPS) is 21.5. The Kier molecular flexibility index (Phi) is 2.98. The van der Waals surface area contributed by atoms with Crippen LogP contribution in [0.3, 0.4) is 0 Å². The molecule has 0 aliphatic carbocycles. The van der Waals surface area contributed by atoms with Crippen molar-refractivity contribution in [2.24, 2.45) is 0 Å². The van der Waals surface area contributed by atoms with E-state index in [2.05, 4.69) is 15.0 Å². The summed E-state index contributed by atoms with van der Waals surface area (Å²) in [5, 5.41) is 5.23. The average molecular weight is 308 g/mol. The standard InChI is InChI=1S/C13H16N4O3S/c1-9-8-10(18)17-11(14-9)21-12(15-17)16-4-2-13(3-5-16)19-6-7-20-13/h8H,2-7H2,1H3. The fourth-order valence-corrected chi connectivity index (χ4v) is 3.87. The van der Waals surface area contributed by atoms with Gasteiger partial charge < -0.3 is 14.4 Å². The van der Waals surface area contributed by atoms with Crippen LogP contribution in [0.4, 0.5) is 5.13 Å². The van der Waals surface area contributed by atoms with Gasteiger partial charge in [-0.25, -0.2) is 4.98 Å². The highest BCUT2D eigenvalue weighted by molar-refractivity contribution is 7.20. The summed E-state index contributed by atoms with van der Waals surface area (Å²) in [5.41, 5.74) is 0.594. The van der Waals surface area contributed by atoms with E-state index in [-0.39, 0.29) is 5.56 Å². The van der Waals surface area contributed by atoms with E-state index in [0.717, 1.165) is 36.8 Å². The maximum atomic E-state index is 11.9. The molecule has 0 unspecified atom stereocenters. The first-order valence-electron chi connectivity index (χ1n) is 7.06. The van der Waals surface area contributed by atoms with E-state index in [1.807, 2.05) is 6.92 Å². The molecule has 4 heterocycles. The van der Waals surface area contributed by atoms with Gasteiger partial charge in [0.15, 0.2) is 5.79 Å². The van der Waals surface area contributed by atoms with Gasteiger partial charge in [-0.1, -0.05) is 11.3 Å². The SMILES string of the molecule is Cc1cc(=O)n2nc(N3CCC4(CC3)OCCO4)sc2n1. The number of hydrogen-bond donors (Lipinski definition) is 0. The number of aromatic nitrogens is 3. The Morgan fingerprint density at radius 2 is 2.00 bits per heavy atom. The third kappa shape index (κ3) is 2.23. The number of fused-ring (bicyclic) bond motifs is 1. The summed E-state index contributed by atoms with van der Waals surface area (Å²) in [6.07, 6.45) is 1.65. The first-order valence-corrected chi connectivity index (χ1v) is 7.87. The molecule has 112 valence electrons. The second-order valence-corrected chi connectivity index (χ2v) is 6.34. The molecule has 2 aliphatic rings. The zero-order chi connectivity index (χ0) is 14.4. The Morgan fingerprint density at radius 3 is 2.71 bits per heavy atom. The van der Waals surface area contributed by atoms with Crippen LogP contribution in [-0.4, -0.2) is 46.7 Å². The first-order chi connectivity index (χ1) is 10.2. The minimum atomic E-state index is -0.390. The van der Waals surface area contributed by atoms with Crippen LogP contribution in [-0.2, 0) is 9.47 Å². The number of piperidine rings is 1. The molecule has 2 fully saturated rings. The highest BCUT2D eigenvalue weighted by atomic mass is 32.1. The molecular weight excluding hydrogens is 292 g/mol. The van der Waals surface area contributed by atoms with Crippen LogP contribution in [0.1, 0.15) is 18.5 Å². The van der Waals surface area contributed by atoms with Crippen molar-refractivity contribution in [3.63, 3.8) is 0 Å². The highest BCUT2D eigenvalue weighted by Crippen LogP contribution is 2.34. The van der Waals surface area contributed by atoms with Crippen LogP contribution in [0.15, 0.2) is 10.9 Å². The maximum Gasteiger partial charge on any atom is 0.275 e. The van der Waals surface area contributed by atoms with Crippen LogP contribution in [0.25, 0.3) is 4.96 Å². The molecule has 2 saturated heterocycles. The molecule has 0 bridgehead atoms. The van der Waals surface area contributed by atoms with Gasteiger partial charge in [-0.2, -0.15) is 4.52 Å². The van der Waals surface area contributed by atoms with Gasteiger partial charge in [-0.05, 0) is 6.92 Å². The van der Waals surface area contributed by atoms with Gasteiger partial charge >= 0.3 is 0 Å². The molecule has 0 radical (unpaired) electrons. The number of rotatable bonds is 1. The van der Waals surface area contributed by atoms with Crippen molar-refractivity contribution >= 4 is 21.4 Å². The van der Waals surface area contributed by atoms with Gasteiger partial charge in [-0.15, -0.1) is 5.10 Å². The van der Waals surface area contributed by atoms with Crippen molar-refractivity contribution in [3.05, 3.63) is 22.1 Å². The minimum absolute atomic E-state index is 0.129. The van der Waals surface area contributed by atoms with E-state index >= 15 is 0 Å². The summed E-state index contributed by atoms with van der Waals surface area (Å²) in [6.45, 7) is 4.81. The number of hydrogen-bond acceptors (Lipinski definition) is 7. The molecule has 0 aromatic carbocycles. The van der Waals surface area contributed by atoms with E-state index in [1.54, 1.807) is 0 Å². The summed E-state index contributed by atoms with van der Waals surface area (Å²) in [7, 11) is 0. The van der Waals surface area contributed by atoms with Gasteiger partial charge in [0.25, 0.3) is 5.56 Å². The summed E-state index contributed by atoms with van der Waals surface area (Å²) in [4.78, 5) is 19.1. The van der Waals surface area contributed by atoms with E-state index in [9.17, 15) is 4.79 Å². The molecule has 2 aliphatic heterocycles. The zero-order valence-corrected chi connectivity index (χ0v) is 12.6. The molecule has 2 aromatic rings. The Bertz CT molecular complexity index is 725. The van der Waals surface area contributed by atoms with Gasteiger partial charge in [0, 0.05) is 37.7 Å². The second-order valence-electron chi connectivity index (χ2n) is 5.41. The average Bonchev–Trinajstić information content (AvgIpc) is 3.07. The van der Waals surface area contributed by atoms with Crippen LogP contribution >= 0.6 is 11.3 Å². The Labute approximate surface area is 125 Å². The zero-order valence-electron chi connectivity index (χ0n) is 11.7. The minimum Gasteiger partial charge on any atom is -0.347 e. The summed E-state index contributed by atoms with van der Waals surface area (Å²) < 4.78 is 12.8. The molecule has 21 heavy (non-hydrogen) atoms. The third-order valence-corrected chi connectivity index (χ3v) is 4.94. The lowest BCUT2D eigenvalue weighted by atomic mass is 10.0. The lowest BCUT2D eigenvalue weighted by molar-refractivity contribution is -0.169. The van der Waals surface area contributed by atoms with Crippen LogP contribution in [0.2, 0.25) is 0 Å². The molecule has 1 spiro atoms. The smallest absolute Gasteiger partial charge is 0.275 e. The van der Waals surface area contributed by atoms with E-state index in [0.29, 0.717) is 18.2 Å². The Morgan fingerprint density at radius 1 is 1.29 bits per heavy atom. The quantitative estimate of drug-likeness (QED) is 0.776. The number of anilines is 1. The summed E-state index contributed by atoms with van der Waals surface area (Å²) >= 11 is 1.45. The van der Waals surface area contributed by atoms with E-state index in [1.165, 1.54) is 21.9 Å². The predicted octanol–water partition coefficient (Wildman–Crippen LogP) is 0.803. The molecule has 8 heteroatoms. The lowest BCUT2D eigenvalue weighted by Crippen LogP contribution is -2.45. The first kappa shape index (κ1) is 13.2. The fraction of sp³-hybridized carbons (Fsp3) is 0.615. The third-order valence-electron chi connectivity index (χ3n) is 3.97. The van der Waals surface area contributed by atoms with Crippen LogP contribution in [0, 0.1) is 6.92 Å². The highest BCUT2D eigenvalue weighted by Gasteiger charge is 2.40. The van der Waals surface area contributed by atoms with Crippen molar-refractivity contribution in [1.29, 1.82) is 0 Å². The molecule has 0 amide bonds. The summed E-state index contributed by atoms with van der Waals surface area (Å²) in [5.74, 6) is -0.390. The van der Waals surface area contributed by atoms with Crippen molar-refractivity contribution in [3.8, 4) is 0 Å². The molecule has 0 saturated carbocycles. The molecule has 4 rings (SSSR count). The number of aryl methyl sites for hydroxylation is 1. The maximum absolute atomic E-state index is 11.9. The Balaban J connectivity index is 1.60.